The molecule has 0 aromatic rings. The van der Waals surface area contributed by atoms with E-state index in [0.717, 1.165) is 51.4 Å². The summed E-state index contributed by atoms with van der Waals surface area (Å²) < 4.78 is 10.8. The molecule has 1 N–H and O–H groups in total. The van der Waals surface area contributed by atoms with Crippen LogP contribution in [0.1, 0.15) is 412 Å². The molecule has 0 aliphatic carbocycles. The van der Waals surface area contributed by atoms with E-state index in [0.29, 0.717) is 12.8 Å². The molecule has 0 amide bonds. The lowest BCUT2D eigenvalue weighted by Gasteiger charge is -2.15. The van der Waals surface area contributed by atoms with Crippen molar-refractivity contribution in [2.24, 2.45) is 0 Å². The first-order valence-electron chi connectivity index (χ1n) is 37.2. The number of rotatable bonds is 70. The van der Waals surface area contributed by atoms with Crippen LogP contribution in [0.3, 0.4) is 0 Å². The van der Waals surface area contributed by atoms with Crippen LogP contribution in [-0.2, 0) is 19.1 Å². The zero-order chi connectivity index (χ0) is 59.1. The van der Waals surface area contributed by atoms with E-state index in [-0.39, 0.29) is 25.2 Å². The van der Waals surface area contributed by atoms with Gasteiger partial charge in [0.1, 0.15) is 6.61 Å². The lowest BCUT2D eigenvalue weighted by atomic mass is 10.0. The predicted octanol–water partition coefficient (Wildman–Crippen LogP) is 25.9. The van der Waals surface area contributed by atoms with Crippen molar-refractivity contribution < 1.29 is 24.2 Å². The molecule has 0 bridgehead atoms. The van der Waals surface area contributed by atoms with E-state index < -0.39 is 6.10 Å². The second-order valence-electron chi connectivity index (χ2n) is 25.4. The van der Waals surface area contributed by atoms with Gasteiger partial charge in [-0.15, -0.1) is 0 Å². The first-order chi connectivity index (χ1) is 40.6. The lowest BCUT2D eigenvalue weighted by molar-refractivity contribution is -0.161. The van der Waals surface area contributed by atoms with Crippen LogP contribution < -0.4 is 0 Å². The third kappa shape index (κ3) is 70.3. The highest BCUT2D eigenvalue weighted by Crippen LogP contribution is 2.19. The normalized spacial score (nSPS) is 12.4. The standard InChI is InChI=1S/C77H144O5/c1-3-5-7-9-11-13-15-17-19-21-23-25-27-29-31-32-33-34-35-36-37-38-39-40-41-42-43-44-46-48-50-52-54-56-58-60-62-64-66-68-70-72-77(80)82-75(73-78)74-81-76(79)71-69-67-65-63-61-59-57-55-53-51-49-47-45-30-28-26-24-22-20-18-16-14-12-10-8-6-4-2/h15,17,21-24,27,29,75,78H,3-14,16,18-20,25-26,28,30-74H2,1-2H3/b17-15-,23-21-,24-22-,29-27-. The molecule has 0 spiro atoms. The van der Waals surface area contributed by atoms with Gasteiger partial charge in [0.2, 0.25) is 0 Å². The molecule has 0 rings (SSSR count). The Bertz CT molecular complexity index is 1350. The molecule has 0 saturated carbocycles. The minimum atomic E-state index is -0.770. The second kappa shape index (κ2) is 73.1. The number of carbonyl (C=O) groups excluding carboxylic acids is 2. The van der Waals surface area contributed by atoms with Crippen LogP contribution in [0.5, 0.6) is 0 Å². The van der Waals surface area contributed by atoms with Crippen molar-refractivity contribution in [3.63, 3.8) is 0 Å². The Morgan fingerprint density at radius 1 is 0.280 bits per heavy atom. The van der Waals surface area contributed by atoms with Crippen molar-refractivity contribution in [2.75, 3.05) is 13.2 Å². The summed E-state index contributed by atoms with van der Waals surface area (Å²) in [6.07, 6.45) is 98.9. The SMILES string of the molecule is CCCCCCC/C=C\C/C=C\C/C=C\CCCCCCCCCCCCCCCCCCCCCCCCCCCCC(=O)OC(CO)COC(=O)CCCCCCCCCCCCCCCCC/C=C\CCCCCCCCCC. The predicted molar refractivity (Wildman–Crippen MR) is 362 cm³/mol. The summed E-state index contributed by atoms with van der Waals surface area (Å²) in [4.78, 5) is 24.7. The fourth-order valence-corrected chi connectivity index (χ4v) is 11.5. The van der Waals surface area contributed by atoms with Gasteiger partial charge < -0.3 is 14.6 Å². The number of hydrogen-bond acceptors (Lipinski definition) is 5. The third-order valence-corrected chi connectivity index (χ3v) is 17.1. The monoisotopic (exact) mass is 1150 g/mol. The maximum atomic E-state index is 12.4. The molecule has 1 atom stereocenters. The van der Waals surface area contributed by atoms with Crippen molar-refractivity contribution in [1.82, 2.24) is 0 Å². The molecule has 0 aromatic carbocycles. The zero-order valence-corrected chi connectivity index (χ0v) is 55.5. The van der Waals surface area contributed by atoms with E-state index >= 15 is 0 Å². The van der Waals surface area contributed by atoms with E-state index in [1.807, 2.05) is 0 Å². The molecule has 482 valence electrons. The Hall–Kier alpha value is -2.14. The molecular weight excluding hydrogens is 1000 g/mol. The minimum Gasteiger partial charge on any atom is -0.462 e. The molecule has 82 heavy (non-hydrogen) atoms. The third-order valence-electron chi connectivity index (χ3n) is 17.1. The Labute approximate surface area is 513 Å². The van der Waals surface area contributed by atoms with Crippen LogP contribution in [0.4, 0.5) is 0 Å². The molecule has 1 unspecified atom stereocenters. The maximum absolute atomic E-state index is 12.4. The molecule has 0 fully saturated rings. The Balaban J connectivity index is 3.37. The number of aliphatic hydroxyl groups is 1. The largest absolute Gasteiger partial charge is 0.462 e. The van der Waals surface area contributed by atoms with E-state index in [4.69, 9.17) is 9.47 Å². The van der Waals surface area contributed by atoms with Crippen LogP contribution in [0.15, 0.2) is 48.6 Å². The van der Waals surface area contributed by atoms with Gasteiger partial charge >= 0.3 is 11.9 Å². The highest BCUT2D eigenvalue weighted by Gasteiger charge is 2.16. The van der Waals surface area contributed by atoms with Crippen LogP contribution in [0.2, 0.25) is 0 Å². The van der Waals surface area contributed by atoms with E-state index in [1.165, 1.54) is 334 Å². The zero-order valence-electron chi connectivity index (χ0n) is 55.5. The van der Waals surface area contributed by atoms with Gasteiger partial charge in [-0.25, -0.2) is 0 Å². The number of unbranched alkanes of at least 4 members (excludes halogenated alkanes) is 54. The molecule has 5 heteroatoms. The van der Waals surface area contributed by atoms with Crippen molar-refractivity contribution in [3.05, 3.63) is 48.6 Å². The number of ether oxygens (including phenoxy) is 2. The number of aliphatic hydroxyl groups excluding tert-OH is 1. The molecule has 0 saturated heterocycles. The van der Waals surface area contributed by atoms with Gasteiger partial charge in [-0.3, -0.25) is 9.59 Å². The molecule has 5 nitrogen and oxygen atoms in total. The van der Waals surface area contributed by atoms with Gasteiger partial charge in [-0.1, -0.05) is 371 Å². The molecule has 0 aromatic heterocycles. The van der Waals surface area contributed by atoms with Gasteiger partial charge in [-0.2, -0.15) is 0 Å². The summed E-state index contributed by atoms with van der Waals surface area (Å²) in [6.45, 7) is 4.19. The van der Waals surface area contributed by atoms with E-state index in [2.05, 4.69) is 62.5 Å². The first kappa shape index (κ1) is 79.9. The molecule has 0 aliphatic heterocycles. The summed E-state index contributed by atoms with van der Waals surface area (Å²) in [5.74, 6) is -0.566. The number of hydrogen-bond donors (Lipinski definition) is 1. The fourth-order valence-electron chi connectivity index (χ4n) is 11.5. The number of esters is 2. The maximum Gasteiger partial charge on any atom is 0.306 e. The van der Waals surface area contributed by atoms with Crippen molar-refractivity contribution in [1.29, 1.82) is 0 Å². The Morgan fingerprint density at radius 2 is 0.488 bits per heavy atom. The van der Waals surface area contributed by atoms with E-state index in [1.54, 1.807) is 0 Å². The molecule has 0 heterocycles. The first-order valence-corrected chi connectivity index (χ1v) is 37.2. The highest BCUT2D eigenvalue weighted by molar-refractivity contribution is 5.70. The summed E-state index contributed by atoms with van der Waals surface area (Å²) in [7, 11) is 0. The van der Waals surface area contributed by atoms with Gasteiger partial charge in [-0.05, 0) is 77.0 Å². The second-order valence-corrected chi connectivity index (χ2v) is 25.4. The van der Waals surface area contributed by atoms with Gasteiger partial charge in [0.15, 0.2) is 6.10 Å². The van der Waals surface area contributed by atoms with Crippen LogP contribution in [-0.4, -0.2) is 36.4 Å². The topological polar surface area (TPSA) is 72.8 Å². The molecule has 0 aliphatic rings. The van der Waals surface area contributed by atoms with Crippen LogP contribution in [0, 0.1) is 0 Å². The summed E-state index contributed by atoms with van der Waals surface area (Å²) in [5, 5.41) is 9.71. The molecular formula is C77H144O5. The van der Waals surface area contributed by atoms with Gasteiger partial charge in [0.25, 0.3) is 0 Å². The van der Waals surface area contributed by atoms with Crippen LogP contribution in [0.25, 0.3) is 0 Å². The fraction of sp³-hybridized carbons (Fsp3) is 0.870. The van der Waals surface area contributed by atoms with E-state index in [9.17, 15) is 14.7 Å². The highest BCUT2D eigenvalue weighted by atomic mass is 16.6. The van der Waals surface area contributed by atoms with Crippen molar-refractivity contribution in [2.45, 2.75) is 418 Å². The summed E-state index contributed by atoms with van der Waals surface area (Å²) in [5.41, 5.74) is 0. The number of carbonyl (C=O) groups is 2. The quantitative estimate of drug-likeness (QED) is 0.0373. The Kier molecular flexibility index (Phi) is 71.2. The van der Waals surface area contributed by atoms with Gasteiger partial charge in [0, 0.05) is 12.8 Å². The van der Waals surface area contributed by atoms with Crippen molar-refractivity contribution >= 4 is 11.9 Å². The summed E-state index contributed by atoms with van der Waals surface area (Å²) in [6, 6.07) is 0. The average molecular weight is 1150 g/mol. The van der Waals surface area contributed by atoms with Crippen LogP contribution >= 0.6 is 0 Å². The average Bonchev–Trinajstić information content (AvgIpc) is 3.49. The minimum absolute atomic E-state index is 0.0597. The smallest absolute Gasteiger partial charge is 0.306 e. The Morgan fingerprint density at radius 3 is 0.744 bits per heavy atom. The lowest BCUT2D eigenvalue weighted by Crippen LogP contribution is -2.28. The summed E-state index contributed by atoms with van der Waals surface area (Å²) >= 11 is 0. The molecule has 0 radical (unpaired) electrons. The van der Waals surface area contributed by atoms with Gasteiger partial charge in [0.05, 0.1) is 6.61 Å². The number of allylic oxidation sites excluding steroid dienone is 8. The van der Waals surface area contributed by atoms with Crippen molar-refractivity contribution in [3.8, 4) is 0 Å².